The largest absolute Gasteiger partial charge is 0.489 e. The third-order valence-electron chi connectivity index (χ3n) is 3.22. The van der Waals surface area contributed by atoms with Gasteiger partial charge in [0.25, 0.3) is 0 Å². The Labute approximate surface area is 143 Å². The van der Waals surface area contributed by atoms with Crippen molar-refractivity contribution in [1.82, 2.24) is 4.98 Å². The van der Waals surface area contributed by atoms with Gasteiger partial charge in [-0.05, 0) is 12.8 Å². The molecule has 0 unspecified atom stereocenters. The van der Waals surface area contributed by atoms with E-state index in [-0.39, 0.29) is 11.8 Å². The van der Waals surface area contributed by atoms with Gasteiger partial charge < -0.3 is 15.4 Å². The number of pyridine rings is 1. The molecular formula is C18H27N3O3. The molecule has 1 heterocycles. The molecule has 1 rings (SSSR count). The van der Waals surface area contributed by atoms with Crippen LogP contribution in [0.4, 0.5) is 11.6 Å². The first-order chi connectivity index (χ1) is 11.6. The second-order valence-corrected chi connectivity index (χ2v) is 5.48. The van der Waals surface area contributed by atoms with Crippen molar-refractivity contribution in [2.24, 2.45) is 0 Å². The van der Waals surface area contributed by atoms with Gasteiger partial charge in [0.15, 0.2) is 0 Å². The van der Waals surface area contributed by atoms with Crippen LogP contribution < -0.4 is 15.4 Å². The number of anilines is 2. The van der Waals surface area contributed by atoms with Crippen LogP contribution in [0.2, 0.25) is 0 Å². The molecule has 0 saturated carbocycles. The molecule has 0 atom stereocenters. The Kier molecular flexibility index (Phi) is 9.19. The first kappa shape index (κ1) is 19.7. The number of rotatable bonds is 11. The average Bonchev–Trinajstić information content (AvgIpc) is 2.56. The number of amides is 2. The highest BCUT2D eigenvalue weighted by Crippen LogP contribution is 2.21. The molecule has 0 bridgehead atoms. The molecule has 6 heteroatoms. The summed E-state index contributed by atoms with van der Waals surface area (Å²) >= 11 is 0. The van der Waals surface area contributed by atoms with Crippen molar-refractivity contribution in [3.63, 3.8) is 0 Å². The lowest BCUT2D eigenvalue weighted by molar-refractivity contribution is -0.117. The number of hydrogen-bond donors (Lipinski definition) is 2. The third kappa shape index (κ3) is 7.76. The summed E-state index contributed by atoms with van der Waals surface area (Å²) in [4.78, 5) is 28.0. The highest BCUT2D eigenvalue weighted by Gasteiger charge is 2.09. The summed E-state index contributed by atoms with van der Waals surface area (Å²) in [6.07, 6.45) is 6.03. The van der Waals surface area contributed by atoms with Gasteiger partial charge in [-0.15, -0.1) is 0 Å². The van der Waals surface area contributed by atoms with Gasteiger partial charge >= 0.3 is 0 Å². The first-order valence-corrected chi connectivity index (χ1v) is 8.44. The van der Waals surface area contributed by atoms with Crippen LogP contribution in [0.1, 0.15) is 52.4 Å². The third-order valence-corrected chi connectivity index (χ3v) is 3.22. The molecule has 0 radical (unpaired) electrons. The zero-order chi connectivity index (χ0) is 17.8. The lowest BCUT2D eigenvalue weighted by atomic mass is 10.2. The number of carbonyl (C=O) groups excluding carboxylic acids is 2. The smallest absolute Gasteiger partial charge is 0.225 e. The molecule has 2 N–H and O–H groups in total. The molecule has 2 amide bonds. The number of ether oxygens (including phenoxy) is 1. The van der Waals surface area contributed by atoms with Crippen molar-refractivity contribution in [3.05, 3.63) is 24.8 Å². The molecule has 0 spiro atoms. The van der Waals surface area contributed by atoms with E-state index in [2.05, 4.69) is 22.2 Å². The Bertz CT molecular complexity index is 518. The maximum absolute atomic E-state index is 11.9. The quantitative estimate of drug-likeness (QED) is 0.602. The van der Waals surface area contributed by atoms with Gasteiger partial charge in [0.2, 0.25) is 11.8 Å². The van der Waals surface area contributed by atoms with Crippen LogP contribution in [0, 0.1) is 0 Å². The Morgan fingerprint density at radius 3 is 2.00 bits per heavy atom. The van der Waals surface area contributed by atoms with Gasteiger partial charge in [-0.1, -0.05) is 39.3 Å². The fraction of sp³-hybridized carbons (Fsp3) is 0.500. The lowest BCUT2D eigenvalue weighted by Crippen LogP contribution is -2.15. The summed E-state index contributed by atoms with van der Waals surface area (Å²) in [6, 6.07) is 3.27. The van der Waals surface area contributed by atoms with Gasteiger partial charge in [-0.3, -0.25) is 9.59 Å². The Morgan fingerprint density at radius 1 is 1.08 bits per heavy atom. The summed E-state index contributed by atoms with van der Waals surface area (Å²) < 4.78 is 5.50. The molecule has 0 aliphatic rings. The number of nitrogens with zero attached hydrogens (tertiary/aromatic N) is 1. The fourth-order valence-corrected chi connectivity index (χ4v) is 1.96. The second-order valence-electron chi connectivity index (χ2n) is 5.48. The monoisotopic (exact) mass is 333 g/mol. The summed E-state index contributed by atoms with van der Waals surface area (Å²) in [5.74, 6) is 1.04. The fourth-order valence-electron chi connectivity index (χ4n) is 1.96. The molecule has 1 aromatic rings. The number of carbonyl (C=O) groups is 2. The van der Waals surface area contributed by atoms with Crippen molar-refractivity contribution in [2.75, 3.05) is 17.2 Å². The van der Waals surface area contributed by atoms with Gasteiger partial charge in [-0.25, -0.2) is 4.98 Å². The zero-order valence-corrected chi connectivity index (χ0v) is 14.6. The van der Waals surface area contributed by atoms with Crippen LogP contribution in [-0.4, -0.2) is 23.4 Å². The second kappa shape index (κ2) is 11.2. The van der Waals surface area contributed by atoms with E-state index < -0.39 is 0 Å². The van der Waals surface area contributed by atoms with E-state index in [9.17, 15) is 9.59 Å². The van der Waals surface area contributed by atoms with Crippen LogP contribution in [0.15, 0.2) is 24.8 Å². The van der Waals surface area contributed by atoms with Gasteiger partial charge in [0.05, 0.1) is 0 Å². The Hall–Kier alpha value is -2.37. The maximum Gasteiger partial charge on any atom is 0.225 e. The minimum atomic E-state index is -0.103. The zero-order valence-electron chi connectivity index (χ0n) is 14.6. The molecule has 0 aliphatic heterocycles. The molecular weight excluding hydrogens is 306 g/mol. The summed E-state index contributed by atoms with van der Waals surface area (Å²) in [7, 11) is 0. The Morgan fingerprint density at radius 2 is 1.58 bits per heavy atom. The molecule has 0 saturated heterocycles. The first-order valence-electron chi connectivity index (χ1n) is 8.44. The summed E-state index contributed by atoms with van der Waals surface area (Å²) in [5, 5.41) is 5.49. The van der Waals surface area contributed by atoms with E-state index in [4.69, 9.17) is 4.74 Å². The molecule has 1 aromatic heterocycles. The van der Waals surface area contributed by atoms with Crippen LogP contribution in [0.25, 0.3) is 0 Å². The minimum absolute atomic E-state index is 0.103. The molecule has 6 nitrogen and oxygen atoms in total. The highest BCUT2D eigenvalue weighted by molar-refractivity contribution is 5.92. The van der Waals surface area contributed by atoms with E-state index in [1.165, 1.54) is 0 Å². The molecule has 24 heavy (non-hydrogen) atoms. The average molecular weight is 333 g/mol. The number of hydrogen-bond acceptors (Lipinski definition) is 4. The molecule has 0 fully saturated rings. The summed E-state index contributed by atoms with van der Waals surface area (Å²) in [5.41, 5.74) is 0. The van der Waals surface area contributed by atoms with Crippen molar-refractivity contribution >= 4 is 23.5 Å². The van der Waals surface area contributed by atoms with E-state index in [0.29, 0.717) is 36.8 Å². The normalized spacial score (nSPS) is 10.1. The van der Waals surface area contributed by atoms with E-state index >= 15 is 0 Å². The predicted octanol–water partition coefficient (Wildman–Crippen LogP) is 3.90. The van der Waals surface area contributed by atoms with E-state index in [1.807, 2.05) is 13.8 Å². The predicted molar refractivity (Wildman–Crippen MR) is 96.2 cm³/mol. The van der Waals surface area contributed by atoms with Crippen LogP contribution in [-0.2, 0) is 9.59 Å². The van der Waals surface area contributed by atoms with Crippen molar-refractivity contribution in [3.8, 4) is 5.75 Å². The van der Waals surface area contributed by atoms with Crippen LogP contribution in [0.5, 0.6) is 5.75 Å². The van der Waals surface area contributed by atoms with Crippen LogP contribution in [0.3, 0.4) is 0 Å². The minimum Gasteiger partial charge on any atom is -0.489 e. The van der Waals surface area contributed by atoms with Crippen molar-refractivity contribution in [1.29, 1.82) is 0 Å². The highest BCUT2D eigenvalue weighted by atomic mass is 16.5. The SMILES string of the molecule is C=CCOc1cc(NC(=O)CCCC)nc(NC(=O)CCCC)c1. The van der Waals surface area contributed by atoms with Gasteiger partial charge in [-0.2, -0.15) is 0 Å². The van der Waals surface area contributed by atoms with Crippen molar-refractivity contribution < 1.29 is 14.3 Å². The number of aromatic nitrogens is 1. The lowest BCUT2D eigenvalue weighted by Gasteiger charge is -2.11. The van der Waals surface area contributed by atoms with Crippen molar-refractivity contribution in [2.45, 2.75) is 52.4 Å². The van der Waals surface area contributed by atoms with Gasteiger partial charge in [0.1, 0.15) is 24.0 Å². The van der Waals surface area contributed by atoms with E-state index in [1.54, 1.807) is 18.2 Å². The number of unbranched alkanes of at least 4 members (excludes halogenated alkanes) is 2. The Balaban J connectivity index is 2.84. The summed E-state index contributed by atoms with van der Waals surface area (Å²) in [6.45, 7) is 7.99. The number of nitrogens with one attached hydrogen (secondary N) is 2. The van der Waals surface area contributed by atoms with Crippen LogP contribution >= 0.6 is 0 Å². The molecule has 132 valence electrons. The van der Waals surface area contributed by atoms with E-state index in [0.717, 1.165) is 25.7 Å². The molecule has 0 aliphatic carbocycles. The standard InChI is InChI=1S/C18H27N3O3/c1-4-7-9-17(22)20-15-12-14(24-11-6-3)13-16(19-15)21-18(23)10-8-5-2/h6,12-13H,3-5,7-11H2,1-2H3,(H2,19,20,21,22,23). The maximum atomic E-state index is 11.9. The molecule has 0 aromatic carbocycles. The topological polar surface area (TPSA) is 80.3 Å². The van der Waals surface area contributed by atoms with Gasteiger partial charge in [0, 0.05) is 25.0 Å².